The molecule has 0 radical (unpaired) electrons. The third-order valence-electron chi connectivity index (χ3n) is 1.96. The summed E-state index contributed by atoms with van der Waals surface area (Å²) in [6.45, 7) is 0. The van der Waals surface area contributed by atoms with Crippen molar-refractivity contribution in [3.05, 3.63) is 42.6 Å². The minimum atomic E-state index is -3.66. The Labute approximate surface area is 98.6 Å². The van der Waals surface area contributed by atoms with Gasteiger partial charge in [-0.3, -0.25) is 0 Å². The van der Waals surface area contributed by atoms with E-state index >= 15 is 0 Å². The number of sulfonamides is 1. The average molecular weight is 250 g/mol. The van der Waals surface area contributed by atoms with Crippen molar-refractivity contribution in [3.8, 4) is 0 Å². The smallest absolute Gasteiger partial charge is 0.264 e. The molecule has 0 aliphatic rings. The van der Waals surface area contributed by atoms with Crippen molar-refractivity contribution in [1.29, 1.82) is 0 Å². The van der Waals surface area contributed by atoms with Crippen LogP contribution in [0.3, 0.4) is 0 Å². The van der Waals surface area contributed by atoms with Gasteiger partial charge in [-0.2, -0.15) is 4.98 Å². The first-order valence-corrected chi connectivity index (χ1v) is 6.23. The van der Waals surface area contributed by atoms with Gasteiger partial charge in [-0.25, -0.2) is 18.1 Å². The quantitative estimate of drug-likeness (QED) is 0.841. The zero-order valence-corrected chi connectivity index (χ0v) is 9.55. The van der Waals surface area contributed by atoms with Crippen molar-refractivity contribution >= 4 is 21.8 Å². The van der Waals surface area contributed by atoms with Crippen molar-refractivity contribution in [2.75, 3.05) is 10.5 Å². The first-order valence-electron chi connectivity index (χ1n) is 4.74. The van der Waals surface area contributed by atoms with E-state index in [1.165, 1.54) is 24.4 Å². The van der Waals surface area contributed by atoms with Gasteiger partial charge in [0.2, 0.25) is 5.95 Å². The summed E-state index contributed by atoms with van der Waals surface area (Å²) in [5.74, 6) is 0.152. The topological polar surface area (TPSA) is 98.0 Å². The summed E-state index contributed by atoms with van der Waals surface area (Å²) >= 11 is 0. The highest BCUT2D eigenvalue weighted by molar-refractivity contribution is 7.92. The van der Waals surface area contributed by atoms with Gasteiger partial charge in [0, 0.05) is 6.20 Å². The Hall–Kier alpha value is -2.15. The minimum absolute atomic E-state index is 0.0474. The Morgan fingerprint density at radius 3 is 2.47 bits per heavy atom. The highest BCUT2D eigenvalue weighted by Gasteiger charge is 2.14. The van der Waals surface area contributed by atoms with Gasteiger partial charge in [0.25, 0.3) is 10.0 Å². The number of hydrogen-bond donors (Lipinski definition) is 2. The summed E-state index contributed by atoms with van der Waals surface area (Å²) in [6, 6.07) is 9.43. The summed E-state index contributed by atoms with van der Waals surface area (Å²) in [5.41, 5.74) is 5.43. The molecule has 1 aromatic heterocycles. The second-order valence-corrected chi connectivity index (χ2v) is 4.91. The SMILES string of the molecule is Nc1ccnc(NS(=O)(=O)c2ccccc2)n1. The molecule has 0 amide bonds. The van der Waals surface area contributed by atoms with E-state index in [0.717, 1.165) is 0 Å². The van der Waals surface area contributed by atoms with Gasteiger partial charge in [-0.15, -0.1) is 0 Å². The van der Waals surface area contributed by atoms with Crippen LogP contribution < -0.4 is 10.5 Å². The van der Waals surface area contributed by atoms with Crippen LogP contribution in [0.4, 0.5) is 11.8 Å². The van der Waals surface area contributed by atoms with Crippen LogP contribution in [-0.4, -0.2) is 18.4 Å². The highest BCUT2D eigenvalue weighted by Crippen LogP contribution is 2.12. The highest BCUT2D eigenvalue weighted by atomic mass is 32.2. The molecule has 0 atom stereocenters. The molecule has 2 aromatic rings. The molecule has 0 saturated heterocycles. The predicted molar refractivity (Wildman–Crippen MR) is 63.7 cm³/mol. The van der Waals surface area contributed by atoms with E-state index in [1.807, 2.05) is 0 Å². The molecule has 3 N–H and O–H groups in total. The second kappa shape index (κ2) is 4.38. The van der Waals surface area contributed by atoms with E-state index in [9.17, 15) is 8.42 Å². The number of nitrogens with zero attached hydrogens (tertiary/aromatic N) is 2. The average Bonchev–Trinajstić information content (AvgIpc) is 2.29. The monoisotopic (exact) mass is 250 g/mol. The molecule has 0 spiro atoms. The van der Waals surface area contributed by atoms with Crippen LogP contribution >= 0.6 is 0 Å². The number of benzene rings is 1. The molecule has 7 heteroatoms. The summed E-state index contributed by atoms with van der Waals surface area (Å²) in [6.07, 6.45) is 1.38. The summed E-state index contributed by atoms with van der Waals surface area (Å²) in [7, 11) is -3.66. The number of nitrogens with two attached hydrogens (primary N) is 1. The summed E-state index contributed by atoms with van der Waals surface area (Å²) in [4.78, 5) is 7.67. The lowest BCUT2D eigenvalue weighted by atomic mass is 10.4. The molecule has 0 fully saturated rings. The van der Waals surface area contributed by atoms with E-state index in [1.54, 1.807) is 18.2 Å². The van der Waals surface area contributed by atoms with Crippen LogP contribution in [0.15, 0.2) is 47.5 Å². The van der Waals surface area contributed by atoms with Gasteiger partial charge in [0.15, 0.2) is 0 Å². The third kappa shape index (κ3) is 2.70. The van der Waals surface area contributed by atoms with Crippen LogP contribution in [0, 0.1) is 0 Å². The summed E-state index contributed by atoms with van der Waals surface area (Å²) < 4.78 is 26.0. The lowest BCUT2D eigenvalue weighted by molar-refractivity contribution is 0.601. The molecule has 0 aliphatic carbocycles. The maximum absolute atomic E-state index is 11.9. The zero-order chi connectivity index (χ0) is 12.3. The van der Waals surface area contributed by atoms with E-state index in [2.05, 4.69) is 14.7 Å². The maximum Gasteiger partial charge on any atom is 0.264 e. The van der Waals surface area contributed by atoms with Crippen LogP contribution in [0.5, 0.6) is 0 Å². The van der Waals surface area contributed by atoms with Crippen LogP contribution in [0.1, 0.15) is 0 Å². The zero-order valence-electron chi connectivity index (χ0n) is 8.74. The van der Waals surface area contributed by atoms with Gasteiger partial charge in [0.05, 0.1) is 4.90 Å². The van der Waals surface area contributed by atoms with Gasteiger partial charge < -0.3 is 5.73 Å². The van der Waals surface area contributed by atoms with Crippen molar-refractivity contribution < 1.29 is 8.42 Å². The molecule has 1 aromatic carbocycles. The predicted octanol–water partition coefficient (Wildman–Crippen LogP) is 0.860. The fraction of sp³-hybridized carbons (Fsp3) is 0. The lowest BCUT2D eigenvalue weighted by Gasteiger charge is -2.06. The Morgan fingerprint density at radius 1 is 1.12 bits per heavy atom. The van der Waals surface area contributed by atoms with Gasteiger partial charge >= 0.3 is 0 Å². The van der Waals surface area contributed by atoms with E-state index in [0.29, 0.717) is 0 Å². The molecule has 1 heterocycles. The number of anilines is 2. The van der Waals surface area contributed by atoms with E-state index in [-0.39, 0.29) is 16.7 Å². The standard InChI is InChI=1S/C10H10N4O2S/c11-9-6-7-12-10(13-9)14-17(15,16)8-4-2-1-3-5-8/h1-7H,(H3,11,12,13,14). The van der Waals surface area contributed by atoms with Gasteiger partial charge in [-0.1, -0.05) is 18.2 Å². The van der Waals surface area contributed by atoms with Crippen molar-refractivity contribution in [2.45, 2.75) is 4.90 Å². The molecular weight excluding hydrogens is 240 g/mol. The molecule has 0 aliphatic heterocycles. The molecule has 6 nitrogen and oxygen atoms in total. The number of nitrogens with one attached hydrogen (secondary N) is 1. The van der Waals surface area contributed by atoms with E-state index in [4.69, 9.17) is 5.73 Å². The Morgan fingerprint density at radius 2 is 1.82 bits per heavy atom. The molecule has 0 bridgehead atoms. The van der Waals surface area contributed by atoms with Crippen molar-refractivity contribution in [3.63, 3.8) is 0 Å². The fourth-order valence-corrected chi connectivity index (χ4v) is 2.17. The largest absolute Gasteiger partial charge is 0.384 e. The minimum Gasteiger partial charge on any atom is -0.384 e. The fourth-order valence-electron chi connectivity index (χ4n) is 1.20. The Bertz CT molecular complexity index is 613. The number of aromatic nitrogens is 2. The molecule has 0 saturated carbocycles. The van der Waals surface area contributed by atoms with Gasteiger partial charge in [0.1, 0.15) is 5.82 Å². The second-order valence-electron chi connectivity index (χ2n) is 3.22. The number of hydrogen-bond acceptors (Lipinski definition) is 5. The molecule has 88 valence electrons. The van der Waals surface area contributed by atoms with E-state index < -0.39 is 10.0 Å². The first-order chi connectivity index (χ1) is 8.08. The normalized spacial score (nSPS) is 11.1. The van der Waals surface area contributed by atoms with Crippen molar-refractivity contribution in [2.24, 2.45) is 0 Å². The van der Waals surface area contributed by atoms with Crippen LogP contribution in [0.25, 0.3) is 0 Å². The molecule has 17 heavy (non-hydrogen) atoms. The lowest BCUT2D eigenvalue weighted by Crippen LogP contribution is -2.15. The van der Waals surface area contributed by atoms with Crippen LogP contribution in [-0.2, 0) is 10.0 Å². The molecule has 2 rings (SSSR count). The van der Waals surface area contributed by atoms with Crippen molar-refractivity contribution in [1.82, 2.24) is 9.97 Å². The first kappa shape index (κ1) is 11.3. The van der Waals surface area contributed by atoms with Gasteiger partial charge in [-0.05, 0) is 18.2 Å². The third-order valence-corrected chi connectivity index (χ3v) is 3.30. The van der Waals surface area contributed by atoms with Crippen LogP contribution in [0.2, 0.25) is 0 Å². The molecular formula is C10H10N4O2S. The maximum atomic E-state index is 11.9. The Kier molecular flexibility index (Phi) is 2.92. The Balaban J connectivity index is 2.30. The summed E-state index contributed by atoms with van der Waals surface area (Å²) in [5, 5.41) is 0. The molecule has 0 unspecified atom stereocenters. The number of nitrogen functional groups attached to an aromatic ring is 1. The number of rotatable bonds is 3.